The van der Waals surface area contributed by atoms with Crippen LogP contribution in [-0.4, -0.2) is 36.5 Å². The lowest BCUT2D eigenvalue weighted by molar-refractivity contribution is 0.215. The Bertz CT molecular complexity index is 960. The van der Waals surface area contributed by atoms with Crippen molar-refractivity contribution in [1.29, 1.82) is 0 Å². The number of phenols is 1. The Morgan fingerprint density at radius 2 is 1.62 bits per heavy atom. The molecule has 2 N–H and O–H groups in total. The average Bonchev–Trinajstić information content (AvgIpc) is 2.66. The van der Waals surface area contributed by atoms with E-state index in [-0.39, 0.29) is 5.75 Å². The van der Waals surface area contributed by atoms with Crippen LogP contribution in [0.5, 0.6) is 23.0 Å². The number of rotatable bonds is 5. The summed E-state index contributed by atoms with van der Waals surface area (Å²) in [6.45, 7) is 0. The molecule has 1 atom stereocenters. The van der Waals surface area contributed by atoms with Crippen LogP contribution in [0.15, 0.2) is 36.5 Å². The van der Waals surface area contributed by atoms with Crippen LogP contribution in [0.25, 0.3) is 10.8 Å². The van der Waals surface area contributed by atoms with Crippen molar-refractivity contribution in [2.45, 2.75) is 6.10 Å². The maximum Gasteiger partial charge on any atom is 0.161 e. The molecule has 26 heavy (non-hydrogen) atoms. The van der Waals surface area contributed by atoms with Crippen molar-refractivity contribution >= 4 is 33.4 Å². The molecule has 0 bridgehead atoms. The highest BCUT2D eigenvalue weighted by Crippen LogP contribution is 2.39. The summed E-state index contributed by atoms with van der Waals surface area (Å²) in [5, 5.41) is 22.6. The van der Waals surface area contributed by atoms with Gasteiger partial charge >= 0.3 is 0 Å². The second-order valence-corrected chi connectivity index (χ2v) is 6.73. The molecule has 2 aromatic carbocycles. The summed E-state index contributed by atoms with van der Waals surface area (Å²) >= 11 is 2.13. The quantitative estimate of drug-likeness (QED) is 0.558. The number of pyridine rings is 1. The van der Waals surface area contributed by atoms with Gasteiger partial charge in [-0.05, 0) is 58.3 Å². The van der Waals surface area contributed by atoms with Gasteiger partial charge in [0.1, 0.15) is 6.10 Å². The van der Waals surface area contributed by atoms with Gasteiger partial charge in [-0.2, -0.15) is 0 Å². The van der Waals surface area contributed by atoms with Crippen molar-refractivity contribution in [3.8, 4) is 23.0 Å². The highest BCUT2D eigenvalue weighted by Gasteiger charge is 2.21. The number of methoxy groups -OCH3 is 3. The first kappa shape index (κ1) is 18.5. The zero-order valence-electron chi connectivity index (χ0n) is 14.5. The van der Waals surface area contributed by atoms with Gasteiger partial charge in [-0.25, -0.2) is 0 Å². The highest BCUT2D eigenvalue weighted by molar-refractivity contribution is 14.1. The van der Waals surface area contributed by atoms with E-state index in [9.17, 15) is 10.2 Å². The normalized spacial score (nSPS) is 12.0. The third-order valence-electron chi connectivity index (χ3n) is 4.15. The molecule has 0 fully saturated rings. The predicted molar refractivity (Wildman–Crippen MR) is 106 cm³/mol. The number of aliphatic hydroxyl groups excluding tert-OH is 1. The number of hydrogen-bond donors (Lipinski definition) is 2. The fraction of sp³-hybridized carbons (Fsp3) is 0.211. The number of phenolic OH excluding ortho intramolecular Hbond substituents is 1. The fourth-order valence-electron chi connectivity index (χ4n) is 2.82. The Kier molecular flexibility index (Phi) is 5.38. The first-order chi connectivity index (χ1) is 12.5. The summed E-state index contributed by atoms with van der Waals surface area (Å²) < 4.78 is 16.6. The Balaban J connectivity index is 2.16. The number of halogens is 1. The zero-order valence-corrected chi connectivity index (χ0v) is 16.6. The van der Waals surface area contributed by atoms with Crippen LogP contribution in [0.4, 0.5) is 0 Å². The van der Waals surface area contributed by atoms with Crippen molar-refractivity contribution in [2.24, 2.45) is 0 Å². The Morgan fingerprint density at radius 1 is 0.962 bits per heavy atom. The maximum absolute atomic E-state index is 11.0. The molecule has 0 spiro atoms. The molecule has 0 saturated carbocycles. The van der Waals surface area contributed by atoms with Gasteiger partial charge in [-0.1, -0.05) is 0 Å². The lowest BCUT2D eigenvalue weighted by atomic mass is 10.00. The fourth-order valence-corrected chi connectivity index (χ4v) is 3.55. The van der Waals surface area contributed by atoms with Gasteiger partial charge in [-0.3, -0.25) is 4.98 Å². The Hall–Kier alpha value is -2.26. The minimum Gasteiger partial charge on any atom is -0.504 e. The van der Waals surface area contributed by atoms with Crippen LogP contribution in [-0.2, 0) is 0 Å². The number of fused-ring (bicyclic) bond motifs is 1. The Labute approximate surface area is 164 Å². The molecular formula is C19H18INO5. The lowest BCUT2D eigenvalue weighted by Crippen LogP contribution is -2.06. The highest BCUT2D eigenvalue weighted by atomic mass is 127. The zero-order chi connectivity index (χ0) is 18.8. The van der Waals surface area contributed by atoms with Crippen molar-refractivity contribution in [3.05, 3.63) is 51.4 Å². The van der Waals surface area contributed by atoms with E-state index in [1.54, 1.807) is 50.7 Å². The van der Waals surface area contributed by atoms with Crippen molar-refractivity contribution in [2.75, 3.05) is 21.3 Å². The second kappa shape index (κ2) is 7.55. The lowest BCUT2D eigenvalue weighted by Gasteiger charge is -2.18. The number of nitrogens with zero attached hydrogens (tertiary/aromatic N) is 1. The van der Waals surface area contributed by atoms with Crippen LogP contribution < -0.4 is 14.2 Å². The van der Waals surface area contributed by atoms with E-state index in [2.05, 4.69) is 27.6 Å². The van der Waals surface area contributed by atoms with E-state index in [0.717, 1.165) is 8.96 Å². The molecule has 0 aliphatic carbocycles. The molecule has 7 heteroatoms. The van der Waals surface area contributed by atoms with Gasteiger partial charge in [0.25, 0.3) is 0 Å². The van der Waals surface area contributed by atoms with Crippen molar-refractivity contribution in [1.82, 2.24) is 4.98 Å². The molecule has 0 saturated heterocycles. The smallest absolute Gasteiger partial charge is 0.161 e. The van der Waals surface area contributed by atoms with Gasteiger partial charge < -0.3 is 24.4 Å². The SMILES string of the molecule is COc1cc2ccnc(C(O)c3cc(OC)c(OC)cc3I)c2cc1O. The molecule has 1 unspecified atom stereocenters. The summed E-state index contributed by atoms with van der Waals surface area (Å²) in [6.07, 6.45) is 0.614. The minimum atomic E-state index is -1.00. The van der Waals surface area contributed by atoms with Crippen LogP contribution in [0.3, 0.4) is 0 Å². The maximum atomic E-state index is 11.0. The number of ether oxygens (including phenoxy) is 3. The second-order valence-electron chi connectivity index (χ2n) is 5.57. The third kappa shape index (κ3) is 3.24. The molecule has 0 amide bonds. The van der Waals surface area contributed by atoms with Crippen LogP contribution >= 0.6 is 22.6 Å². The van der Waals surface area contributed by atoms with E-state index in [1.807, 2.05) is 0 Å². The molecule has 0 radical (unpaired) electrons. The number of hydrogen-bond acceptors (Lipinski definition) is 6. The number of aromatic nitrogens is 1. The average molecular weight is 467 g/mol. The summed E-state index contributed by atoms with van der Waals surface area (Å²) in [5.41, 5.74) is 1.07. The summed E-state index contributed by atoms with van der Waals surface area (Å²) in [5.74, 6) is 1.46. The molecule has 0 aliphatic heterocycles. The predicted octanol–water partition coefficient (Wildman–Crippen LogP) is 3.65. The monoisotopic (exact) mass is 467 g/mol. The summed E-state index contributed by atoms with van der Waals surface area (Å²) in [6, 6.07) is 8.58. The van der Waals surface area contributed by atoms with Gasteiger partial charge in [0.15, 0.2) is 23.0 Å². The van der Waals surface area contributed by atoms with Crippen LogP contribution in [0, 0.1) is 3.57 Å². The van der Waals surface area contributed by atoms with E-state index in [4.69, 9.17) is 14.2 Å². The van der Waals surface area contributed by atoms with Crippen LogP contribution in [0.1, 0.15) is 17.4 Å². The molecule has 3 aromatic rings. The molecule has 136 valence electrons. The Morgan fingerprint density at radius 3 is 2.27 bits per heavy atom. The van der Waals surface area contributed by atoms with Gasteiger partial charge in [-0.15, -0.1) is 0 Å². The van der Waals surface area contributed by atoms with Crippen molar-refractivity contribution < 1.29 is 24.4 Å². The summed E-state index contributed by atoms with van der Waals surface area (Å²) in [7, 11) is 4.59. The van der Waals surface area contributed by atoms with Gasteiger partial charge in [0.05, 0.1) is 27.0 Å². The molecule has 6 nitrogen and oxygen atoms in total. The first-order valence-corrected chi connectivity index (χ1v) is 8.83. The number of benzene rings is 2. The number of aromatic hydroxyl groups is 1. The van der Waals surface area contributed by atoms with Gasteiger partial charge in [0, 0.05) is 20.7 Å². The minimum absolute atomic E-state index is 0.0107. The number of aliphatic hydroxyl groups is 1. The first-order valence-electron chi connectivity index (χ1n) is 7.75. The topological polar surface area (TPSA) is 81.0 Å². The van der Waals surface area contributed by atoms with E-state index >= 15 is 0 Å². The molecule has 0 aliphatic rings. The van der Waals surface area contributed by atoms with Crippen LogP contribution in [0.2, 0.25) is 0 Å². The molecule has 3 rings (SSSR count). The molecule has 1 heterocycles. The largest absolute Gasteiger partial charge is 0.504 e. The van der Waals surface area contributed by atoms with E-state index < -0.39 is 6.10 Å². The third-order valence-corrected chi connectivity index (χ3v) is 5.09. The van der Waals surface area contributed by atoms with E-state index in [1.165, 1.54) is 7.11 Å². The standard InChI is InChI=1S/C19H18INO5/c1-24-15-6-10-4-5-21-18(11(10)7-14(15)22)19(23)12-8-16(25-2)17(26-3)9-13(12)20/h4-9,19,22-23H,1-3H3. The van der Waals surface area contributed by atoms with Crippen molar-refractivity contribution in [3.63, 3.8) is 0 Å². The molecular weight excluding hydrogens is 449 g/mol. The van der Waals surface area contributed by atoms with E-state index in [0.29, 0.717) is 33.9 Å². The van der Waals surface area contributed by atoms with Gasteiger partial charge in [0.2, 0.25) is 0 Å². The summed E-state index contributed by atoms with van der Waals surface area (Å²) in [4.78, 5) is 4.34. The molecule has 1 aromatic heterocycles.